The van der Waals surface area contributed by atoms with E-state index in [1.54, 1.807) is 12.3 Å². The van der Waals surface area contributed by atoms with Crippen LogP contribution in [0.5, 0.6) is 5.75 Å². The molecule has 0 bridgehead atoms. The van der Waals surface area contributed by atoms with Crippen LogP contribution in [0.4, 0.5) is 0 Å². The highest BCUT2D eigenvalue weighted by Gasteiger charge is 2.05. The van der Waals surface area contributed by atoms with E-state index in [9.17, 15) is 5.11 Å². The minimum absolute atomic E-state index is 0.296. The van der Waals surface area contributed by atoms with Crippen LogP contribution >= 0.6 is 0 Å². The number of nitrogens with zero attached hydrogens (tertiary/aromatic N) is 1. The molecular weight excluding hydrogens is 198 g/mol. The van der Waals surface area contributed by atoms with Crippen molar-refractivity contribution in [3.05, 3.63) is 48.2 Å². The average Bonchev–Trinajstić information content (AvgIpc) is 2.29. The van der Waals surface area contributed by atoms with Gasteiger partial charge in [0.2, 0.25) is 0 Å². The molecule has 0 saturated heterocycles. The fraction of sp³-hybridized carbons (Fsp3) is 0.0714. The lowest BCUT2D eigenvalue weighted by atomic mass is 10.0. The Bertz CT molecular complexity index is 689. The molecular formula is C14H11NO. The molecule has 2 heteroatoms. The zero-order valence-electron chi connectivity index (χ0n) is 8.94. The Labute approximate surface area is 93.2 Å². The Balaban J connectivity index is 2.59. The number of rotatable bonds is 0. The largest absolute Gasteiger partial charge is 0.507 e. The smallest absolute Gasteiger partial charge is 0.125 e. The van der Waals surface area contributed by atoms with Crippen molar-refractivity contribution in [2.24, 2.45) is 0 Å². The van der Waals surface area contributed by atoms with Crippen molar-refractivity contribution < 1.29 is 5.11 Å². The SMILES string of the molecule is Cc1ccc2c(c1)c(O)cc1ncccc12. The monoisotopic (exact) mass is 209 g/mol. The first-order valence-corrected chi connectivity index (χ1v) is 5.23. The van der Waals surface area contributed by atoms with Crippen LogP contribution in [-0.4, -0.2) is 10.1 Å². The summed E-state index contributed by atoms with van der Waals surface area (Å²) in [7, 11) is 0. The second-order valence-corrected chi connectivity index (χ2v) is 4.01. The summed E-state index contributed by atoms with van der Waals surface area (Å²) in [5, 5.41) is 13.0. The quantitative estimate of drug-likeness (QED) is 0.575. The number of hydrogen-bond acceptors (Lipinski definition) is 2. The van der Waals surface area contributed by atoms with Crippen molar-refractivity contribution in [1.82, 2.24) is 4.98 Å². The Morgan fingerprint density at radius 2 is 1.88 bits per heavy atom. The van der Waals surface area contributed by atoms with Gasteiger partial charge in [-0.15, -0.1) is 0 Å². The number of aromatic hydroxyl groups is 1. The van der Waals surface area contributed by atoms with Gasteiger partial charge in [-0.2, -0.15) is 0 Å². The van der Waals surface area contributed by atoms with Gasteiger partial charge in [0.05, 0.1) is 5.52 Å². The summed E-state index contributed by atoms with van der Waals surface area (Å²) in [6.45, 7) is 2.02. The van der Waals surface area contributed by atoms with Crippen LogP contribution in [0.3, 0.4) is 0 Å². The first-order chi connectivity index (χ1) is 7.75. The highest BCUT2D eigenvalue weighted by Crippen LogP contribution is 2.32. The van der Waals surface area contributed by atoms with Gasteiger partial charge in [-0.1, -0.05) is 23.8 Å². The van der Waals surface area contributed by atoms with Crippen molar-refractivity contribution >= 4 is 21.7 Å². The lowest BCUT2D eigenvalue weighted by molar-refractivity contribution is 0.482. The van der Waals surface area contributed by atoms with Gasteiger partial charge in [0.15, 0.2) is 0 Å². The van der Waals surface area contributed by atoms with E-state index in [0.29, 0.717) is 5.75 Å². The summed E-state index contributed by atoms with van der Waals surface area (Å²) >= 11 is 0. The van der Waals surface area contributed by atoms with Gasteiger partial charge in [0, 0.05) is 23.0 Å². The molecule has 2 nitrogen and oxygen atoms in total. The van der Waals surface area contributed by atoms with E-state index in [-0.39, 0.29) is 0 Å². The van der Waals surface area contributed by atoms with Gasteiger partial charge in [-0.3, -0.25) is 4.98 Å². The molecule has 0 radical (unpaired) electrons. The number of phenolic OH excluding ortho intramolecular Hbond substituents is 1. The normalized spacial score (nSPS) is 11.1. The maximum atomic E-state index is 9.95. The lowest BCUT2D eigenvalue weighted by Gasteiger charge is -2.06. The fourth-order valence-electron chi connectivity index (χ4n) is 2.07. The number of benzene rings is 2. The molecule has 1 heterocycles. The highest BCUT2D eigenvalue weighted by molar-refractivity contribution is 6.09. The van der Waals surface area contributed by atoms with Crippen molar-refractivity contribution in [3.63, 3.8) is 0 Å². The minimum Gasteiger partial charge on any atom is -0.507 e. The predicted octanol–water partition coefficient (Wildman–Crippen LogP) is 3.40. The fourth-order valence-corrected chi connectivity index (χ4v) is 2.07. The topological polar surface area (TPSA) is 33.1 Å². The van der Waals surface area contributed by atoms with Crippen LogP contribution in [0.2, 0.25) is 0 Å². The summed E-state index contributed by atoms with van der Waals surface area (Å²) in [6, 6.07) is 11.7. The van der Waals surface area contributed by atoms with Crippen LogP contribution in [-0.2, 0) is 0 Å². The molecule has 0 aliphatic carbocycles. The summed E-state index contributed by atoms with van der Waals surface area (Å²) in [5.74, 6) is 0.296. The van der Waals surface area contributed by atoms with Gasteiger partial charge < -0.3 is 5.11 Å². The Hall–Kier alpha value is -2.09. The maximum absolute atomic E-state index is 9.95. The van der Waals surface area contributed by atoms with Gasteiger partial charge >= 0.3 is 0 Å². The van der Waals surface area contributed by atoms with E-state index in [0.717, 1.165) is 27.2 Å². The van der Waals surface area contributed by atoms with Crippen molar-refractivity contribution in [2.45, 2.75) is 6.92 Å². The number of aryl methyl sites for hydroxylation is 1. The van der Waals surface area contributed by atoms with E-state index in [2.05, 4.69) is 4.98 Å². The van der Waals surface area contributed by atoms with Crippen molar-refractivity contribution in [3.8, 4) is 5.75 Å². The number of fused-ring (bicyclic) bond motifs is 3. The van der Waals surface area contributed by atoms with Crippen LogP contribution < -0.4 is 0 Å². The molecule has 0 unspecified atom stereocenters. The third-order valence-electron chi connectivity index (χ3n) is 2.85. The van der Waals surface area contributed by atoms with Crippen LogP contribution in [0.1, 0.15) is 5.56 Å². The Morgan fingerprint density at radius 1 is 1.00 bits per heavy atom. The zero-order valence-corrected chi connectivity index (χ0v) is 8.94. The van der Waals surface area contributed by atoms with Crippen molar-refractivity contribution in [1.29, 1.82) is 0 Å². The second kappa shape index (κ2) is 3.20. The molecule has 0 aliphatic heterocycles. The summed E-state index contributed by atoms with van der Waals surface area (Å²) in [6.07, 6.45) is 1.74. The molecule has 0 spiro atoms. The molecule has 16 heavy (non-hydrogen) atoms. The molecule has 0 saturated carbocycles. The van der Waals surface area contributed by atoms with E-state index in [1.807, 2.05) is 37.3 Å². The maximum Gasteiger partial charge on any atom is 0.125 e. The highest BCUT2D eigenvalue weighted by atomic mass is 16.3. The van der Waals surface area contributed by atoms with E-state index in [4.69, 9.17) is 0 Å². The van der Waals surface area contributed by atoms with Gasteiger partial charge in [0.25, 0.3) is 0 Å². The summed E-state index contributed by atoms with van der Waals surface area (Å²) in [5.41, 5.74) is 1.97. The summed E-state index contributed by atoms with van der Waals surface area (Å²) < 4.78 is 0. The second-order valence-electron chi connectivity index (χ2n) is 4.01. The number of aromatic nitrogens is 1. The Morgan fingerprint density at radius 3 is 2.75 bits per heavy atom. The average molecular weight is 209 g/mol. The standard InChI is InChI=1S/C14H11NO/c1-9-4-5-10-11-3-2-6-15-13(11)8-14(16)12(10)7-9/h2-8,16H,1H3. The molecule has 0 amide bonds. The Kier molecular flexibility index (Phi) is 1.83. The first-order valence-electron chi connectivity index (χ1n) is 5.23. The molecule has 2 aromatic carbocycles. The molecule has 0 fully saturated rings. The van der Waals surface area contributed by atoms with Crippen LogP contribution in [0.15, 0.2) is 42.6 Å². The van der Waals surface area contributed by atoms with Crippen LogP contribution in [0.25, 0.3) is 21.7 Å². The summed E-state index contributed by atoms with van der Waals surface area (Å²) in [4.78, 5) is 4.25. The van der Waals surface area contributed by atoms with E-state index in [1.165, 1.54) is 0 Å². The molecule has 0 aliphatic rings. The molecule has 78 valence electrons. The minimum atomic E-state index is 0.296. The zero-order chi connectivity index (χ0) is 11.1. The molecule has 3 aromatic rings. The van der Waals surface area contributed by atoms with E-state index < -0.39 is 0 Å². The van der Waals surface area contributed by atoms with E-state index >= 15 is 0 Å². The third-order valence-corrected chi connectivity index (χ3v) is 2.85. The van der Waals surface area contributed by atoms with Gasteiger partial charge in [0.1, 0.15) is 5.75 Å². The molecule has 1 N–H and O–H groups in total. The number of hydrogen-bond donors (Lipinski definition) is 1. The number of pyridine rings is 1. The third kappa shape index (κ3) is 1.23. The van der Waals surface area contributed by atoms with Gasteiger partial charge in [-0.25, -0.2) is 0 Å². The predicted molar refractivity (Wildman–Crippen MR) is 65.7 cm³/mol. The van der Waals surface area contributed by atoms with Crippen molar-refractivity contribution in [2.75, 3.05) is 0 Å². The van der Waals surface area contributed by atoms with Crippen LogP contribution in [0, 0.1) is 6.92 Å². The molecule has 1 aromatic heterocycles. The lowest BCUT2D eigenvalue weighted by Crippen LogP contribution is -1.82. The number of phenols is 1. The first kappa shape index (κ1) is 9.16. The molecule has 3 rings (SSSR count). The molecule has 0 atom stereocenters. The van der Waals surface area contributed by atoms with Gasteiger partial charge in [-0.05, 0) is 24.4 Å².